The fourth-order valence-corrected chi connectivity index (χ4v) is 2.27. The van der Waals surface area contributed by atoms with Gasteiger partial charge in [-0.25, -0.2) is 0 Å². The lowest BCUT2D eigenvalue weighted by Crippen LogP contribution is -2.26. The van der Waals surface area contributed by atoms with E-state index in [9.17, 15) is 14.4 Å². The molecule has 0 aliphatic heterocycles. The molecule has 8 nitrogen and oxygen atoms in total. The quantitative estimate of drug-likeness (QED) is 0.577. The molecule has 8 heteroatoms. The van der Waals surface area contributed by atoms with Crippen molar-refractivity contribution in [3.8, 4) is 11.5 Å². The Hall–Kier alpha value is -3.55. The first-order chi connectivity index (χ1) is 13.5. The SMILES string of the molecule is CCOc1ccccc1OCC(=O)Nc1ccc(C(=O)NCCC(=O)O)cc1. The van der Waals surface area contributed by atoms with Gasteiger partial charge in [-0.1, -0.05) is 12.1 Å². The molecule has 2 aromatic carbocycles. The second-order valence-corrected chi connectivity index (χ2v) is 5.69. The number of carbonyl (C=O) groups is 3. The predicted octanol–water partition coefficient (Wildman–Crippen LogP) is 2.31. The molecule has 0 aliphatic rings. The van der Waals surface area contributed by atoms with E-state index in [2.05, 4.69) is 10.6 Å². The number of hydrogen-bond acceptors (Lipinski definition) is 5. The van der Waals surface area contributed by atoms with E-state index >= 15 is 0 Å². The summed E-state index contributed by atoms with van der Waals surface area (Å²) in [5, 5.41) is 13.7. The number of benzene rings is 2. The molecule has 0 aromatic heterocycles. The van der Waals surface area contributed by atoms with E-state index in [0.29, 0.717) is 29.4 Å². The molecule has 0 saturated heterocycles. The van der Waals surface area contributed by atoms with Crippen LogP contribution in [0.15, 0.2) is 48.5 Å². The van der Waals surface area contributed by atoms with Gasteiger partial charge in [0.15, 0.2) is 18.1 Å². The van der Waals surface area contributed by atoms with Crippen LogP contribution < -0.4 is 20.1 Å². The molecule has 0 unspecified atom stereocenters. The topological polar surface area (TPSA) is 114 Å². The molecule has 0 aliphatic carbocycles. The standard InChI is InChI=1S/C20H22N2O6/c1-2-27-16-5-3-4-6-17(16)28-13-18(23)22-15-9-7-14(8-10-15)20(26)21-12-11-19(24)25/h3-10H,2,11-13H2,1H3,(H,21,26)(H,22,23)(H,24,25). The zero-order valence-corrected chi connectivity index (χ0v) is 15.4. The summed E-state index contributed by atoms with van der Waals surface area (Å²) in [6.45, 7) is 2.21. The Morgan fingerprint density at radius 1 is 0.964 bits per heavy atom. The van der Waals surface area contributed by atoms with Crippen molar-refractivity contribution in [2.24, 2.45) is 0 Å². The van der Waals surface area contributed by atoms with Crippen molar-refractivity contribution >= 4 is 23.5 Å². The number of carbonyl (C=O) groups excluding carboxylic acids is 2. The highest BCUT2D eigenvalue weighted by Gasteiger charge is 2.09. The molecule has 2 amide bonds. The molecule has 2 rings (SSSR count). The van der Waals surface area contributed by atoms with Gasteiger partial charge in [-0.3, -0.25) is 14.4 Å². The van der Waals surface area contributed by atoms with E-state index in [-0.39, 0.29) is 31.4 Å². The maximum atomic E-state index is 12.1. The zero-order valence-electron chi connectivity index (χ0n) is 15.4. The van der Waals surface area contributed by atoms with Crippen LogP contribution in [0.4, 0.5) is 5.69 Å². The molecule has 0 saturated carbocycles. The number of anilines is 1. The Kier molecular flexibility index (Phi) is 7.83. The summed E-state index contributed by atoms with van der Waals surface area (Å²) >= 11 is 0. The number of para-hydroxylation sites is 2. The summed E-state index contributed by atoms with van der Waals surface area (Å²) in [7, 11) is 0. The van der Waals surface area contributed by atoms with Crippen LogP contribution in [-0.4, -0.2) is 42.6 Å². The lowest BCUT2D eigenvalue weighted by molar-refractivity contribution is -0.136. The molecule has 0 spiro atoms. The number of carboxylic acids is 1. The molecule has 0 fully saturated rings. The van der Waals surface area contributed by atoms with E-state index in [4.69, 9.17) is 14.6 Å². The summed E-state index contributed by atoms with van der Waals surface area (Å²) in [6.07, 6.45) is -0.147. The van der Waals surface area contributed by atoms with Crippen molar-refractivity contribution in [1.82, 2.24) is 5.32 Å². The van der Waals surface area contributed by atoms with Crippen molar-refractivity contribution in [3.05, 3.63) is 54.1 Å². The van der Waals surface area contributed by atoms with E-state index in [0.717, 1.165) is 0 Å². The van der Waals surface area contributed by atoms with Gasteiger partial charge in [0.05, 0.1) is 13.0 Å². The summed E-state index contributed by atoms with van der Waals surface area (Å²) in [5.41, 5.74) is 0.874. The van der Waals surface area contributed by atoms with E-state index in [1.54, 1.807) is 30.3 Å². The Balaban J connectivity index is 1.84. The van der Waals surface area contributed by atoms with Gasteiger partial charge in [0, 0.05) is 17.8 Å². The number of amides is 2. The minimum Gasteiger partial charge on any atom is -0.490 e. The Bertz CT molecular complexity index is 820. The summed E-state index contributed by atoms with van der Waals surface area (Å²) in [6, 6.07) is 13.3. The Morgan fingerprint density at radius 3 is 2.21 bits per heavy atom. The van der Waals surface area contributed by atoms with Gasteiger partial charge < -0.3 is 25.2 Å². The maximum Gasteiger partial charge on any atom is 0.305 e. The summed E-state index contributed by atoms with van der Waals surface area (Å²) in [5.74, 6) is -0.673. The van der Waals surface area contributed by atoms with Crippen molar-refractivity contribution in [1.29, 1.82) is 0 Å². The van der Waals surface area contributed by atoms with Gasteiger partial charge in [0.2, 0.25) is 0 Å². The summed E-state index contributed by atoms with van der Waals surface area (Å²) < 4.78 is 10.9. The van der Waals surface area contributed by atoms with Crippen LogP contribution >= 0.6 is 0 Å². The minimum atomic E-state index is -0.982. The molecule has 0 atom stereocenters. The van der Waals surface area contributed by atoms with E-state index in [1.165, 1.54) is 12.1 Å². The maximum absolute atomic E-state index is 12.1. The van der Waals surface area contributed by atoms with Gasteiger partial charge in [0.1, 0.15) is 0 Å². The van der Waals surface area contributed by atoms with E-state index in [1.807, 2.05) is 13.0 Å². The monoisotopic (exact) mass is 386 g/mol. The molecule has 3 N–H and O–H groups in total. The number of ether oxygens (including phenoxy) is 2. The highest BCUT2D eigenvalue weighted by atomic mass is 16.5. The van der Waals surface area contributed by atoms with Crippen LogP contribution in [-0.2, 0) is 9.59 Å². The smallest absolute Gasteiger partial charge is 0.305 e. The average molecular weight is 386 g/mol. The number of carboxylic acid groups (broad SMARTS) is 1. The van der Waals surface area contributed by atoms with Gasteiger partial charge in [-0.05, 0) is 43.3 Å². The molecule has 0 heterocycles. The lowest BCUT2D eigenvalue weighted by Gasteiger charge is -2.12. The van der Waals surface area contributed by atoms with Crippen molar-refractivity contribution in [2.75, 3.05) is 25.1 Å². The number of aliphatic carboxylic acids is 1. The minimum absolute atomic E-state index is 0.0488. The molecule has 0 bridgehead atoms. The van der Waals surface area contributed by atoms with Gasteiger partial charge in [-0.15, -0.1) is 0 Å². The fraction of sp³-hybridized carbons (Fsp3) is 0.250. The van der Waals surface area contributed by atoms with Crippen LogP contribution in [0.25, 0.3) is 0 Å². The first-order valence-electron chi connectivity index (χ1n) is 8.74. The van der Waals surface area contributed by atoms with Crippen LogP contribution in [0.1, 0.15) is 23.7 Å². The second kappa shape index (κ2) is 10.6. The van der Waals surface area contributed by atoms with Crippen molar-refractivity contribution < 1.29 is 29.0 Å². The Morgan fingerprint density at radius 2 is 1.61 bits per heavy atom. The van der Waals surface area contributed by atoms with Crippen molar-refractivity contribution in [3.63, 3.8) is 0 Å². The van der Waals surface area contributed by atoms with Crippen LogP contribution in [0, 0.1) is 0 Å². The normalized spacial score (nSPS) is 10.0. The average Bonchev–Trinajstić information content (AvgIpc) is 2.68. The fourth-order valence-electron chi connectivity index (χ4n) is 2.27. The van der Waals surface area contributed by atoms with Crippen LogP contribution in [0.5, 0.6) is 11.5 Å². The van der Waals surface area contributed by atoms with Crippen LogP contribution in [0.2, 0.25) is 0 Å². The molecule has 2 aromatic rings. The molecular formula is C20H22N2O6. The second-order valence-electron chi connectivity index (χ2n) is 5.69. The highest BCUT2D eigenvalue weighted by Crippen LogP contribution is 2.26. The molecule has 0 radical (unpaired) electrons. The van der Waals surface area contributed by atoms with E-state index < -0.39 is 5.97 Å². The number of rotatable bonds is 10. The molecular weight excluding hydrogens is 364 g/mol. The summed E-state index contributed by atoms with van der Waals surface area (Å²) in [4.78, 5) is 34.4. The Labute approximate surface area is 162 Å². The third-order valence-electron chi connectivity index (χ3n) is 3.56. The third-order valence-corrected chi connectivity index (χ3v) is 3.56. The largest absolute Gasteiger partial charge is 0.490 e. The van der Waals surface area contributed by atoms with Crippen LogP contribution in [0.3, 0.4) is 0 Å². The van der Waals surface area contributed by atoms with Gasteiger partial charge >= 0.3 is 5.97 Å². The molecule has 148 valence electrons. The zero-order chi connectivity index (χ0) is 20.4. The van der Waals surface area contributed by atoms with Gasteiger partial charge in [0.25, 0.3) is 11.8 Å². The predicted molar refractivity (Wildman–Crippen MR) is 103 cm³/mol. The molecule has 28 heavy (non-hydrogen) atoms. The lowest BCUT2D eigenvalue weighted by atomic mass is 10.2. The number of nitrogens with one attached hydrogen (secondary N) is 2. The first-order valence-corrected chi connectivity index (χ1v) is 8.74. The van der Waals surface area contributed by atoms with Gasteiger partial charge in [-0.2, -0.15) is 0 Å². The third kappa shape index (κ3) is 6.64. The highest BCUT2D eigenvalue weighted by molar-refractivity contribution is 5.96. The first kappa shape index (κ1) is 20.8. The number of hydrogen-bond donors (Lipinski definition) is 3. The van der Waals surface area contributed by atoms with Crippen molar-refractivity contribution in [2.45, 2.75) is 13.3 Å².